The van der Waals surface area contributed by atoms with Crippen LogP contribution in [0.25, 0.3) is 0 Å². The smallest absolute Gasteiger partial charge is 0.239 e. The number of pyridine rings is 1. The zero-order chi connectivity index (χ0) is 18.5. The van der Waals surface area contributed by atoms with Crippen molar-refractivity contribution in [1.29, 1.82) is 0 Å². The minimum Gasteiger partial charge on any atom is -0.369 e. The molecule has 2 atom stereocenters. The van der Waals surface area contributed by atoms with Crippen molar-refractivity contribution >= 4 is 27.8 Å². The standard InChI is InChI=1S/C20H21BrN4O/c1-20(15-9-10-23-16(21)11-15)17(18(26)25(2)19(22)24-20)14-7-5-13(6-8-14)12-3-4-12/h5-12,17H,3-4H2,1-2H3,(H2,22,24)/t17-,20+/m0/s1. The number of aliphatic imine (C=N–C) groups is 1. The van der Waals surface area contributed by atoms with Crippen LogP contribution < -0.4 is 5.73 Å². The van der Waals surface area contributed by atoms with Crippen molar-refractivity contribution in [3.63, 3.8) is 0 Å². The highest BCUT2D eigenvalue weighted by Crippen LogP contribution is 2.45. The molecule has 1 amide bonds. The molecule has 0 bridgehead atoms. The normalized spacial score (nSPS) is 26.0. The van der Waals surface area contributed by atoms with E-state index in [0.29, 0.717) is 10.5 Å². The number of rotatable bonds is 3. The van der Waals surface area contributed by atoms with Gasteiger partial charge in [0, 0.05) is 13.2 Å². The number of carbonyl (C=O) groups excluding carboxylic acids is 1. The van der Waals surface area contributed by atoms with Gasteiger partial charge < -0.3 is 5.73 Å². The van der Waals surface area contributed by atoms with E-state index in [9.17, 15) is 4.79 Å². The molecule has 1 aliphatic carbocycles. The summed E-state index contributed by atoms with van der Waals surface area (Å²) in [6.45, 7) is 1.96. The van der Waals surface area contributed by atoms with Crippen LogP contribution in [0.3, 0.4) is 0 Å². The zero-order valence-electron chi connectivity index (χ0n) is 14.8. The summed E-state index contributed by atoms with van der Waals surface area (Å²) in [6, 6.07) is 12.2. The molecule has 0 radical (unpaired) electrons. The van der Waals surface area contributed by atoms with Gasteiger partial charge in [-0.3, -0.25) is 9.69 Å². The number of aromatic nitrogens is 1. The highest BCUT2D eigenvalue weighted by Gasteiger charge is 2.47. The van der Waals surface area contributed by atoms with Crippen LogP contribution in [-0.4, -0.2) is 28.8 Å². The maximum atomic E-state index is 13.2. The lowest BCUT2D eigenvalue weighted by atomic mass is 9.74. The average molecular weight is 413 g/mol. The number of nitrogens with zero attached hydrogens (tertiary/aromatic N) is 3. The van der Waals surface area contributed by atoms with Gasteiger partial charge in [-0.2, -0.15) is 0 Å². The molecule has 1 aromatic carbocycles. The third kappa shape index (κ3) is 2.82. The fourth-order valence-electron chi connectivity index (χ4n) is 3.72. The van der Waals surface area contributed by atoms with E-state index in [1.165, 1.54) is 23.3 Å². The Kier molecular flexibility index (Phi) is 4.10. The lowest BCUT2D eigenvalue weighted by Crippen LogP contribution is -2.52. The second-order valence-electron chi connectivity index (χ2n) is 7.26. The third-order valence-corrected chi connectivity index (χ3v) is 5.89. The van der Waals surface area contributed by atoms with E-state index >= 15 is 0 Å². The van der Waals surface area contributed by atoms with Crippen LogP contribution in [0.4, 0.5) is 0 Å². The topological polar surface area (TPSA) is 71.6 Å². The zero-order valence-corrected chi connectivity index (χ0v) is 16.4. The van der Waals surface area contributed by atoms with Crippen molar-refractivity contribution in [2.75, 3.05) is 7.05 Å². The summed E-state index contributed by atoms with van der Waals surface area (Å²) in [5, 5.41) is 0. The first-order chi connectivity index (χ1) is 12.4. The Morgan fingerprint density at radius 2 is 1.85 bits per heavy atom. The Labute approximate surface area is 161 Å². The Morgan fingerprint density at radius 1 is 1.19 bits per heavy atom. The van der Waals surface area contributed by atoms with E-state index < -0.39 is 11.5 Å². The molecule has 6 heteroatoms. The third-order valence-electron chi connectivity index (χ3n) is 5.46. The predicted octanol–water partition coefficient (Wildman–Crippen LogP) is 3.51. The first-order valence-electron chi connectivity index (χ1n) is 8.75. The molecule has 5 nitrogen and oxygen atoms in total. The molecule has 0 saturated heterocycles. The van der Waals surface area contributed by atoms with E-state index in [1.54, 1.807) is 13.2 Å². The van der Waals surface area contributed by atoms with Gasteiger partial charge in [0.15, 0.2) is 5.96 Å². The monoisotopic (exact) mass is 412 g/mol. The molecular weight excluding hydrogens is 392 g/mol. The number of hydrogen-bond acceptors (Lipinski definition) is 4. The van der Waals surface area contributed by atoms with Gasteiger partial charge in [-0.05, 0) is 70.4 Å². The number of guanidine groups is 1. The number of carbonyl (C=O) groups is 1. The van der Waals surface area contributed by atoms with Crippen molar-refractivity contribution in [3.05, 3.63) is 63.9 Å². The number of nitrogens with two attached hydrogens (primary N) is 1. The Hall–Kier alpha value is -2.21. The summed E-state index contributed by atoms with van der Waals surface area (Å²) < 4.78 is 0.708. The Balaban J connectivity index is 1.84. The highest BCUT2D eigenvalue weighted by molar-refractivity contribution is 9.10. The molecule has 26 heavy (non-hydrogen) atoms. The van der Waals surface area contributed by atoms with Crippen LogP contribution in [0.1, 0.15) is 48.3 Å². The fourth-order valence-corrected chi connectivity index (χ4v) is 4.08. The summed E-state index contributed by atoms with van der Waals surface area (Å²) in [7, 11) is 1.68. The van der Waals surface area contributed by atoms with Crippen molar-refractivity contribution in [3.8, 4) is 0 Å². The summed E-state index contributed by atoms with van der Waals surface area (Å²) in [6.07, 6.45) is 4.23. The second-order valence-corrected chi connectivity index (χ2v) is 8.07. The van der Waals surface area contributed by atoms with E-state index in [0.717, 1.165) is 11.1 Å². The van der Waals surface area contributed by atoms with Crippen LogP contribution in [0, 0.1) is 0 Å². The van der Waals surface area contributed by atoms with E-state index in [-0.39, 0.29) is 11.9 Å². The molecule has 1 aromatic heterocycles. The Morgan fingerprint density at radius 3 is 2.46 bits per heavy atom. The van der Waals surface area contributed by atoms with E-state index in [1.807, 2.05) is 19.1 Å². The largest absolute Gasteiger partial charge is 0.369 e. The molecule has 1 saturated carbocycles. The quantitative estimate of drug-likeness (QED) is 0.783. The van der Waals surface area contributed by atoms with Gasteiger partial charge in [0.2, 0.25) is 5.91 Å². The minimum absolute atomic E-state index is 0.0490. The van der Waals surface area contributed by atoms with Crippen molar-refractivity contribution in [2.45, 2.75) is 37.1 Å². The highest BCUT2D eigenvalue weighted by atomic mass is 79.9. The summed E-state index contributed by atoms with van der Waals surface area (Å²) >= 11 is 3.42. The van der Waals surface area contributed by atoms with Gasteiger partial charge in [0.25, 0.3) is 0 Å². The number of halogens is 1. The van der Waals surface area contributed by atoms with Crippen LogP contribution in [0.2, 0.25) is 0 Å². The lowest BCUT2D eigenvalue weighted by molar-refractivity contribution is -0.130. The fraction of sp³-hybridized carbons (Fsp3) is 0.350. The van der Waals surface area contributed by atoms with E-state index in [2.05, 4.69) is 45.2 Å². The van der Waals surface area contributed by atoms with Crippen LogP contribution in [-0.2, 0) is 10.3 Å². The number of hydrogen-bond donors (Lipinski definition) is 1. The van der Waals surface area contributed by atoms with Crippen molar-refractivity contribution in [1.82, 2.24) is 9.88 Å². The summed E-state index contributed by atoms with van der Waals surface area (Å²) in [5.74, 6) is 0.427. The second kappa shape index (κ2) is 6.20. The molecule has 2 heterocycles. The molecule has 1 fully saturated rings. The van der Waals surface area contributed by atoms with Crippen molar-refractivity contribution < 1.29 is 4.79 Å². The first kappa shape index (κ1) is 17.2. The van der Waals surface area contributed by atoms with Gasteiger partial charge >= 0.3 is 0 Å². The van der Waals surface area contributed by atoms with Crippen LogP contribution in [0.5, 0.6) is 0 Å². The van der Waals surface area contributed by atoms with Crippen LogP contribution >= 0.6 is 15.9 Å². The van der Waals surface area contributed by atoms with Gasteiger partial charge in [-0.25, -0.2) is 9.98 Å². The van der Waals surface area contributed by atoms with E-state index in [4.69, 9.17) is 10.7 Å². The number of benzene rings is 1. The maximum Gasteiger partial charge on any atom is 0.239 e. The first-order valence-corrected chi connectivity index (χ1v) is 9.54. The van der Waals surface area contributed by atoms with Gasteiger partial charge in [0.05, 0.1) is 5.92 Å². The maximum absolute atomic E-state index is 13.2. The lowest BCUT2D eigenvalue weighted by Gasteiger charge is -2.40. The average Bonchev–Trinajstić information content (AvgIpc) is 3.46. The minimum atomic E-state index is -0.791. The Bertz CT molecular complexity index is 891. The molecule has 134 valence electrons. The van der Waals surface area contributed by atoms with Crippen molar-refractivity contribution in [2.24, 2.45) is 10.7 Å². The molecule has 4 rings (SSSR count). The van der Waals surface area contributed by atoms with Crippen LogP contribution in [0.15, 0.2) is 52.2 Å². The van der Waals surface area contributed by atoms with Gasteiger partial charge in [0.1, 0.15) is 10.1 Å². The SMILES string of the molecule is CN1C(=O)[C@H](c2ccc(C3CC3)cc2)[C@@](C)(c2ccnc(Br)c2)N=C1N. The summed E-state index contributed by atoms with van der Waals surface area (Å²) in [5.41, 5.74) is 8.48. The van der Waals surface area contributed by atoms with Gasteiger partial charge in [-0.15, -0.1) is 0 Å². The molecule has 2 aromatic rings. The number of likely N-dealkylation sites (N-methyl/N-ethyl adjacent to an activating group) is 1. The molecule has 0 unspecified atom stereocenters. The van der Waals surface area contributed by atoms with Gasteiger partial charge in [-0.1, -0.05) is 24.3 Å². The summed E-state index contributed by atoms with van der Waals surface area (Å²) in [4.78, 5) is 23.6. The molecule has 0 spiro atoms. The molecule has 2 N–H and O–H groups in total. The molecule has 2 aliphatic rings. The molecular formula is C20H21BrN4O. The molecule has 1 aliphatic heterocycles. The number of amides is 1. The predicted molar refractivity (Wildman–Crippen MR) is 105 cm³/mol.